The van der Waals surface area contributed by atoms with Gasteiger partial charge in [0, 0.05) is 41.5 Å². The van der Waals surface area contributed by atoms with E-state index in [-0.39, 0.29) is 17.2 Å². The van der Waals surface area contributed by atoms with Crippen LogP contribution < -0.4 is 5.32 Å². The molecule has 4 nitrogen and oxygen atoms in total. The van der Waals surface area contributed by atoms with E-state index in [1.54, 1.807) is 30.3 Å². The van der Waals surface area contributed by atoms with E-state index in [0.29, 0.717) is 29.8 Å². The Balaban J connectivity index is 1.83. The number of hydrogen-bond acceptors (Lipinski definition) is 2. The lowest BCUT2D eigenvalue weighted by Gasteiger charge is -2.11. The molecule has 24 heavy (non-hydrogen) atoms. The number of carbonyl (C=O) groups excluding carboxylic acids is 1. The molecular formula is C18H13F2N3O. The van der Waals surface area contributed by atoms with Crippen molar-refractivity contribution in [1.82, 2.24) is 15.3 Å². The number of carbonyl (C=O) groups is 1. The Morgan fingerprint density at radius 3 is 2.67 bits per heavy atom. The zero-order valence-electron chi connectivity index (χ0n) is 12.6. The number of aromatic amines is 1. The van der Waals surface area contributed by atoms with Gasteiger partial charge in [-0.1, -0.05) is 12.1 Å². The maximum absolute atomic E-state index is 14.0. The van der Waals surface area contributed by atoms with E-state index >= 15 is 0 Å². The number of amides is 1. The Labute approximate surface area is 136 Å². The molecule has 0 atom stereocenters. The molecule has 0 aliphatic carbocycles. The zero-order chi connectivity index (χ0) is 16.7. The highest BCUT2D eigenvalue weighted by molar-refractivity contribution is 5.97. The molecule has 0 radical (unpaired) electrons. The SMILES string of the molecule is O=C1NCCc2[nH]c(-c3cc(F)nc(-c4ccccc4F)c3)cc21. The van der Waals surface area contributed by atoms with Gasteiger partial charge in [-0.3, -0.25) is 4.79 Å². The number of H-pyrrole nitrogens is 1. The molecule has 0 saturated carbocycles. The second-order valence-corrected chi connectivity index (χ2v) is 5.62. The number of halogens is 2. The van der Waals surface area contributed by atoms with Gasteiger partial charge in [-0.05, 0) is 24.3 Å². The van der Waals surface area contributed by atoms with Crippen molar-refractivity contribution in [3.8, 4) is 22.5 Å². The van der Waals surface area contributed by atoms with Crippen molar-refractivity contribution in [2.45, 2.75) is 6.42 Å². The molecule has 120 valence electrons. The predicted octanol–water partition coefficient (Wildman–Crippen LogP) is 3.31. The monoisotopic (exact) mass is 325 g/mol. The molecule has 0 fully saturated rings. The van der Waals surface area contributed by atoms with Gasteiger partial charge in [-0.2, -0.15) is 4.39 Å². The molecule has 6 heteroatoms. The Morgan fingerprint density at radius 1 is 1.04 bits per heavy atom. The van der Waals surface area contributed by atoms with Crippen LogP contribution in [0, 0.1) is 11.8 Å². The molecule has 1 aliphatic heterocycles. The van der Waals surface area contributed by atoms with Gasteiger partial charge in [-0.25, -0.2) is 9.37 Å². The van der Waals surface area contributed by atoms with Gasteiger partial charge in [0.2, 0.25) is 5.95 Å². The van der Waals surface area contributed by atoms with Gasteiger partial charge in [0.05, 0.1) is 11.3 Å². The molecular weight excluding hydrogens is 312 g/mol. The lowest BCUT2D eigenvalue weighted by Crippen LogP contribution is -2.31. The number of nitrogens with one attached hydrogen (secondary N) is 2. The van der Waals surface area contributed by atoms with Crippen LogP contribution in [0.15, 0.2) is 42.5 Å². The molecule has 2 aromatic heterocycles. The molecule has 3 heterocycles. The number of aromatic nitrogens is 2. The highest BCUT2D eigenvalue weighted by atomic mass is 19.1. The minimum atomic E-state index is -0.706. The smallest absolute Gasteiger partial charge is 0.253 e. The first-order valence-corrected chi connectivity index (χ1v) is 7.55. The first-order chi connectivity index (χ1) is 11.6. The normalized spacial score (nSPS) is 13.5. The maximum atomic E-state index is 14.0. The summed E-state index contributed by atoms with van der Waals surface area (Å²) in [6.07, 6.45) is 0.689. The highest BCUT2D eigenvalue weighted by Gasteiger charge is 2.20. The first kappa shape index (κ1) is 14.6. The van der Waals surface area contributed by atoms with Gasteiger partial charge in [0.15, 0.2) is 0 Å². The summed E-state index contributed by atoms with van der Waals surface area (Å²) in [5, 5.41) is 2.76. The summed E-state index contributed by atoms with van der Waals surface area (Å²) in [4.78, 5) is 18.8. The van der Waals surface area contributed by atoms with Gasteiger partial charge in [0.25, 0.3) is 5.91 Å². The largest absolute Gasteiger partial charge is 0.358 e. The average Bonchev–Trinajstić information content (AvgIpc) is 3.00. The van der Waals surface area contributed by atoms with E-state index in [0.717, 1.165) is 5.69 Å². The molecule has 1 amide bonds. The van der Waals surface area contributed by atoms with Crippen LogP contribution in [0.25, 0.3) is 22.5 Å². The van der Waals surface area contributed by atoms with E-state index in [9.17, 15) is 13.6 Å². The van der Waals surface area contributed by atoms with Crippen molar-refractivity contribution in [1.29, 1.82) is 0 Å². The molecule has 2 N–H and O–H groups in total. The quantitative estimate of drug-likeness (QED) is 0.710. The number of rotatable bonds is 2. The van der Waals surface area contributed by atoms with Crippen LogP contribution in [-0.2, 0) is 6.42 Å². The number of hydrogen-bond donors (Lipinski definition) is 2. The minimum absolute atomic E-state index is 0.150. The lowest BCUT2D eigenvalue weighted by atomic mass is 10.1. The second-order valence-electron chi connectivity index (χ2n) is 5.62. The van der Waals surface area contributed by atoms with E-state index in [4.69, 9.17) is 0 Å². The van der Waals surface area contributed by atoms with Gasteiger partial charge >= 0.3 is 0 Å². The van der Waals surface area contributed by atoms with Crippen molar-refractivity contribution in [2.75, 3.05) is 6.54 Å². The van der Waals surface area contributed by atoms with Crippen molar-refractivity contribution in [3.63, 3.8) is 0 Å². The number of fused-ring (bicyclic) bond motifs is 1. The summed E-state index contributed by atoms with van der Waals surface area (Å²) in [5.41, 5.74) is 2.94. The fraction of sp³-hybridized carbons (Fsp3) is 0.111. The van der Waals surface area contributed by atoms with Crippen molar-refractivity contribution >= 4 is 5.91 Å². The Kier molecular flexibility index (Phi) is 3.37. The highest BCUT2D eigenvalue weighted by Crippen LogP contribution is 2.29. The summed E-state index contributed by atoms with van der Waals surface area (Å²) < 4.78 is 27.9. The summed E-state index contributed by atoms with van der Waals surface area (Å²) >= 11 is 0. The third-order valence-electron chi connectivity index (χ3n) is 4.06. The summed E-state index contributed by atoms with van der Waals surface area (Å²) in [7, 11) is 0. The molecule has 1 aliphatic rings. The van der Waals surface area contributed by atoms with Crippen molar-refractivity contribution in [2.24, 2.45) is 0 Å². The molecule has 0 saturated heterocycles. The fourth-order valence-electron chi connectivity index (χ4n) is 2.91. The Bertz CT molecular complexity index is 949. The molecule has 0 spiro atoms. The topological polar surface area (TPSA) is 57.8 Å². The van der Waals surface area contributed by atoms with Gasteiger partial charge in [-0.15, -0.1) is 0 Å². The summed E-state index contributed by atoms with van der Waals surface area (Å²) in [5.74, 6) is -1.32. The number of nitrogens with zero attached hydrogens (tertiary/aromatic N) is 1. The molecule has 1 aromatic carbocycles. The van der Waals surface area contributed by atoms with E-state index < -0.39 is 11.8 Å². The molecule has 4 rings (SSSR count). The fourth-order valence-corrected chi connectivity index (χ4v) is 2.91. The van der Waals surface area contributed by atoms with E-state index in [2.05, 4.69) is 15.3 Å². The first-order valence-electron chi connectivity index (χ1n) is 7.55. The van der Waals surface area contributed by atoms with Crippen LogP contribution in [0.2, 0.25) is 0 Å². The lowest BCUT2D eigenvalue weighted by molar-refractivity contribution is 0.0946. The Hall–Kier alpha value is -3.02. The average molecular weight is 325 g/mol. The van der Waals surface area contributed by atoms with Gasteiger partial charge < -0.3 is 10.3 Å². The van der Waals surface area contributed by atoms with E-state index in [1.165, 1.54) is 12.1 Å². The standard InChI is InChI=1S/C18H13F2N3O/c19-13-4-2-1-3-11(13)16-7-10(8-17(20)23-16)15-9-12-14(22-15)5-6-21-18(12)24/h1-4,7-9,22H,5-6H2,(H,21,24). The van der Waals surface area contributed by atoms with Crippen LogP contribution in [0.3, 0.4) is 0 Å². The Morgan fingerprint density at radius 2 is 1.88 bits per heavy atom. The molecule has 0 bridgehead atoms. The predicted molar refractivity (Wildman–Crippen MR) is 85.4 cm³/mol. The van der Waals surface area contributed by atoms with Crippen molar-refractivity contribution in [3.05, 3.63) is 65.5 Å². The summed E-state index contributed by atoms with van der Waals surface area (Å²) in [6, 6.07) is 10.6. The zero-order valence-corrected chi connectivity index (χ0v) is 12.6. The van der Waals surface area contributed by atoms with Crippen molar-refractivity contribution < 1.29 is 13.6 Å². The van der Waals surface area contributed by atoms with Crippen LogP contribution in [0.5, 0.6) is 0 Å². The number of pyridine rings is 1. The minimum Gasteiger partial charge on any atom is -0.358 e. The third kappa shape index (κ3) is 2.46. The third-order valence-corrected chi connectivity index (χ3v) is 4.06. The van der Waals surface area contributed by atoms with E-state index in [1.807, 2.05) is 0 Å². The van der Waals surface area contributed by atoms with Gasteiger partial charge in [0.1, 0.15) is 5.82 Å². The maximum Gasteiger partial charge on any atom is 0.253 e. The second kappa shape index (κ2) is 5.56. The summed E-state index contributed by atoms with van der Waals surface area (Å²) in [6.45, 7) is 0.566. The van der Waals surface area contributed by atoms with Crippen LogP contribution in [0.4, 0.5) is 8.78 Å². The van der Waals surface area contributed by atoms with Crippen LogP contribution in [0.1, 0.15) is 16.1 Å². The van der Waals surface area contributed by atoms with Crippen LogP contribution >= 0.6 is 0 Å². The van der Waals surface area contributed by atoms with Crippen LogP contribution in [-0.4, -0.2) is 22.4 Å². The molecule has 0 unspecified atom stereocenters. The number of benzene rings is 1. The molecule has 3 aromatic rings.